The Kier molecular flexibility index (Phi) is 4.97. The van der Waals surface area contributed by atoms with Gasteiger partial charge in [0.2, 0.25) is 0 Å². The molecule has 2 aromatic carbocycles. The molecule has 28 heavy (non-hydrogen) atoms. The molecule has 0 radical (unpaired) electrons. The van der Waals surface area contributed by atoms with Gasteiger partial charge in [-0.05, 0) is 44.4 Å². The average molecular weight is 386 g/mol. The number of carbonyl (C=O) groups is 1. The Bertz CT molecular complexity index is 971. The van der Waals surface area contributed by atoms with E-state index in [0.29, 0.717) is 6.54 Å². The number of carbonyl (C=O) groups excluding carboxylic acids is 1. The number of nitrogens with zero attached hydrogens (tertiary/aromatic N) is 2. The molecule has 0 aliphatic carbocycles. The van der Waals surface area contributed by atoms with Crippen molar-refractivity contribution in [3.8, 4) is 0 Å². The molecule has 0 bridgehead atoms. The summed E-state index contributed by atoms with van der Waals surface area (Å²) in [5.74, 6) is -0.162. The van der Waals surface area contributed by atoms with Crippen molar-refractivity contribution in [3.05, 3.63) is 70.1 Å². The Morgan fingerprint density at radius 3 is 2.54 bits per heavy atom. The maximum absolute atomic E-state index is 13.2. The Balaban J connectivity index is 1.87. The van der Waals surface area contributed by atoms with E-state index in [9.17, 15) is 18.0 Å². The molecule has 0 fully saturated rings. The lowest BCUT2D eigenvalue weighted by atomic mass is 9.91. The zero-order chi connectivity index (χ0) is 20.7. The summed E-state index contributed by atoms with van der Waals surface area (Å²) in [6, 6.07) is 9.59. The number of aryl methyl sites for hydroxylation is 1. The highest BCUT2D eigenvalue weighted by atomic mass is 19.4. The van der Waals surface area contributed by atoms with Gasteiger partial charge in [0.15, 0.2) is 11.5 Å². The Morgan fingerprint density at radius 2 is 1.89 bits per heavy atom. The van der Waals surface area contributed by atoms with Crippen LogP contribution in [0.4, 0.5) is 24.5 Å². The summed E-state index contributed by atoms with van der Waals surface area (Å²) in [7, 11) is 0. The number of rotatable bonds is 4. The number of hydrogen-bond acceptors (Lipinski definition) is 2. The SMILES string of the molecule is [C-]#[N+]c1ccc(CC(=O)C(C)(C)N2CCc3cc(C)ccc32)cc1C(F)(F)F. The van der Waals surface area contributed by atoms with Gasteiger partial charge >= 0.3 is 6.18 Å². The number of fused-ring (bicyclic) bond motifs is 1. The van der Waals surface area contributed by atoms with Gasteiger partial charge in [-0.25, -0.2) is 4.85 Å². The summed E-state index contributed by atoms with van der Waals surface area (Å²) >= 11 is 0. The lowest BCUT2D eigenvalue weighted by molar-refractivity contribution is -0.137. The number of Topliss-reactive ketones (excluding diaryl/α,β-unsaturated/α-hetero) is 1. The fourth-order valence-corrected chi connectivity index (χ4v) is 3.68. The number of hydrogen-bond donors (Lipinski definition) is 0. The second-order valence-electron chi connectivity index (χ2n) is 7.65. The summed E-state index contributed by atoms with van der Waals surface area (Å²) in [5.41, 5.74) is 1.31. The second-order valence-corrected chi connectivity index (χ2v) is 7.65. The topological polar surface area (TPSA) is 24.7 Å². The molecule has 0 N–H and O–H groups in total. The fourth-order valence-electron chi connectivity index (χ4n) is 3.68. The maximum atomic E-state index is 13.2. The van der Waals surface area contributed by atoms with E-state index < -0.39 is 23.0 Å². The van der Waals surface area contributed by atoms with Crippen LogP contribution in [0.5, 0.6) is 0 Å². The van der Waals surface area contributed by atoms with E-state index in [0.717, 1.165) is 29.8 Å². The fraction of sp³-hybridized carbons (Fsp3) is 0.364. The maximum Gasteiger partial charge on any atom is 0.407 e. The molecule has 0 saturated heterocycles. The highest BCUT2D eigenvalue weighted by molar-refractivity contribution is 5.93. The molecule has 2 aromatic rings. The minimum Gasteiger partial charge on any atom is -0.359 e. The zero-order valence-corrected chi connectivity index (χ0v) is 16.0. The zero-order valence-electron chi connectivity index (χ0n) is 16.0. The van der Waals surface area contributed by atoms with Crippen LogP contribution in [-0.4, -0.2) is 17.9 Å². The Hall–Kier alpha value is -2.81. The third-order valence-electron chi connectivity index (χ3n) is 5.34. The van der Waals surface area contributed by atoms with Crippen molar-refractivity contribution >= 4 is 17.2 Å². The number of ketones is 1. The van der Waals surface area contributed by atoms with Crippen LogP contribution in [0.1, 0.15) is 36.1 Å². The van der Waals surface area contributed by atoms with Crippen LogP contribution in [0.3, 0.4) is 0 Å². The van der Waals surface area contributed by atoms with Crippen LogP contribution < -0.4 is 4.90 Å². The van der Waals surface area contributed by atoms with Gasteiger partial charge in [-0.1, -0.05) is 35.9 Å². The molecule has 0 spiro atoms. The predicted molar refractivity (Wildman–Crippen MR) is 103 cm³/mol. The highest BCUT2D eigenvalue weighted by Gasteiger charge is 2.38. The normalized spacial score (nSPS) is 14.0. The van der Waals surface area contributed by atoms with Crippen LogP contribution in [0.15, 0.2) is 36.4 Å². The van der Waals surface area contributed by atoms with Crippen LogP contribution in [-0.2, 0) is 23.8 Å². The lowest BCUT2D eigenvalue weighted by Crippen LogP contribution is -2.50. The van der Waals surface area contributed by atoms with Crippen LogP contribution in [0, 0.1) is 13.5 Å². The third-order valence-corrected chi connectivity index (χ3v) is 5.34. The summed E-state index contributed by atoms with van der Waals surface area (Å²) in [4.78, 5) is 18.0. The molecule has 0 saturated carbocycles. The van der Waals surface area contributed by atoms with Gasteiger partial charge in [-0.2, -0.15) is 13.2 Å². The highest BCUT2D eigenvalue weighted by Crippen LogP contribution is 2.38. The molecule has 3 nitrogen and oxygen atoms in total. The average Bonchev–Trinajstić information content (AvgIpc) is 3.04. The molecule has 1 aliphatic heterocycles. The van der Waals surface area contributed by atoms with Crippen molar-refractivity contribution in [3.63, 3.8) is 0 Å². The lowest BCUT2D eigenvalue weighted by Gasteiger charge is -2.36. The van der Waals surface area contributed by atoms with Crippen molar-refractivity contribution in [2.75, 3.05) is 11.4 Å². The summed E-state index contributed by atoms with van der Waals surface area (Å²) in [6.45, 7) is 13.3. The minimum atomic E-state index is -4.62. The minimum absolute atomic E-state index is 0.119. The first-order chi connectivity index (χ1) is 13.0. The van der Waals surface area contributed by atoms with E-state index >= 15 is 0 Å². The summed E-state index contributed by atoms with van der Waals surface area (Å²) in [6.07, 6.45) is -3.90. The van der Waals surface area contributed by atoms with E-state index in [1.54, 1.807) is 0 Å². The smallest absolute Gasteiger partial charge is 0.359 e. The quantitative estimate of drug-likeness (QED) is 0.647. The predicted octanol–water partition coefficient (Wildman–Crippen LogP) is 5.52. The summed E-state index contributed by atoms with van der Waals surface area (Å²) < 4.78 is 39.6. The molecular formula is C22H21F3N2O. The number of anilines is 1. The standard InChI is InChI=1S/C22H21F3N2O/c1-14-5-8-19-16(11-14)9-10-27(19)21(2,3)20(28)13-15-6-7-18(26-4)17(12-15)22(23,24)25/h5-8,11-12H,9-10,13H2,1-3H3. The van der Waals surface area contributed by atoms with Crippen LogP contribution in [0.25, 0.3) is 4.85 Å². The van der Waals surface area contributed by atoms with Crippen molar-refractivity contribution in [1.82, 2.24) is 0 Å². The molecule has 0 aromatic heterocycles. The first kappa shape index (κ1) is 19.9. The van der Waals surface area contributed by atoms with Gasteiger partial charge in [0.05, 0.1) is 17.7 Å². The summed E-state index contributed by atoms with van der Waals surface area (Å²) in [5, 5.41) is 0. The van der Waals surface area contributed by atoms with Gasteiger partial charge in [-0.15, -0.1) is 0 Å². The molecular weight excluding hydrogens is 365 g/mol. The second kappa shape index (κ2) is 6.97. The van der Waals surface area contributed by atoms with Crippen molar-refractivity contribution in [1.29, 1.82) is 0 Å². The molecule has 0 atom stereocenters. The van der Waals surface area contributed by atoms with Gasteiger partial charge in [0.1, 0.15) is 0 Å². The number of benzene rings is 2. The van der Waals surface area contributed by atoms with E-state index in [2.05, 4.69) is 10.9 Å². The van der Waals surface area contributed by atoms with Gasteiger partial charge in [0, 0.05) is 18.7 Å². The third kappa shape index (κ3) is 3.62. The molecule has 3 rings (SSSR count). The van der Waals surface area contributed by atoms with Crippen molar-refractivity contribution < 1.29 is 18.0 Å². The molecule has 146 valence electrons. The van der Waals surface area contributed by atoms with E-state index in [-0.39, 0.29) is 17.8 Å². The first-order valence-corrected chi connectivity index (χ1v) is 9.02. The van der Waals surface area contributed by atoms with Crippen molar-refractivity contribution in [2.45, 2.75) is 45.3 Å². The van der Waals surface area contributed by atoms with Crippen molar-refractivity contribution in [2.24, 2.45) is 0 Å². The monoisotopic (exact) mass is 386 g/mol. The van der Waals surface area contributed by atoms with Crippen LogP contribution >= 0.6 is 0 Å². The van der Waals surface area contributed by atoms with E-state index in [1.165, 1.54) is 11.6 Å². The Labute approximate surface area is 162 Å². The molecule has 1 aliphatic rings. The number of alkyl halides is 3. The van der Waals surface area contributed by atoms with Gasteiger partial charge in [-0.3, -0.25) is 4.79 Å². The number of halogens is 3. The first-order valence-electron chi connectivity index (χ1n) is 9.02. The molecule has 0 amide bonds. The Morgan fingerprint density at radius 1 is 1.18 bits per heavy atom. The van der Waals surface area contributed by atoms with Crippen LogP contribution in [0.2, 0.25) is 0 Å². The molecule has 6 heteroatoms. The van der Waals surface area contributed by atoms with Gasteiger partial charge < -0.3 is 4.90 Å². The van der Waals surface area contributed by atoms with E-state index in [4.69, 9.17) is 6.57 Å². The molecule has 1 heterocycles. The van der Waals surface area contributed by atoms with Gasteiger partial charge in [0.25, 0.3) is 0 Å². The van der Waals surface area contributed by atoms with E-state index in [1.807, 2.05) is 37.8 Å². The largest absolute Gasteiger partial charge is 0.407 e. The molecule has 0 unspecified atom stereocenters.